The lowest BCUT2D eigenvalue weighted by Gasteiger charge is -2.24. The summed E-state index contributed by atoms with van der Waals surface area (Å²) in [4.78, 5) is 2.27. The normalized spacial score (nSPS) is 12.4. The summed E-state index contributed by atoms with van der Waals surface area (Å²) in [5.41, 5.74) is 8.27. The average molecular weight is 299 g/mol. The maximum absolute atomic E-state index is 6.38. The molecular weight excluding hydrogens is 272 g/mol. The minimum absolute atomic E-state index is 0.179. The molecular formula is C16H27ClN2O. The van der Waals surface area contributed by atoms with E-state index < -0.39 is 0 Å². The molecule has 1 aromatic carbocycles. The lowest BCUT2D eigenvalue weighted by atomic mass is 10.0. The fourth-order valence-corrected chi connectivity index (χ4v) is 2.37. The van der Waals surface area contributed by atoms with Gasteiger partial charge in [-0.2, -0.15) is 0 Å². The highest BCUT2D eigenvalue weighted by atomic mass is 35.5. The van der Waals surface area contributed by atoms with E-state index in [1.54, 1.807) is 0 Å². The molecule has 0 bridgehead atoms. The van der Waals surface area contributed by atoms with Gasteiger partial charge in [0.25, 0.3) is 0 Å². The third-order valence-electron chi connectivity index (χ3n) is 3.50. The second-order valence-electron chi connectivity index (χ2n) is 4.92. The van der Waals surface area contributed by atoms with Crippen LogP contribution in [0, 0.1) is 0 Å². The molecule has 0 fully saturated rings. The van der Waals surface area contributed by atoms with Gasteiger partial charge in [-0.3, -0.25) is 0 Å². The molecule has 0 aliphatic rings. The molecule has 3 nitrogen and oxygen atoms in total. The van der Waals surface area contributed by atoms with Crippen LogP contribution in [0.1, 0.15) is 32.8 Å². The van der Waals surface area contributed by atoms with Gasteiger partial charge in [0.15, 0.2) is 0 Å². The lowest BCUT2D eigenvalue weighted by Crippen LogP contribution is -2.27. The van der Waals surface area contributed by atoms with Gasteiger partial charge in [0.05, 0.1) is 6.61 Å². The Labute approximate surface area is 128 Å². The van der Waals surface area contributed by atoms with E-state index >= 15 is 0 Å². The number of anilines is 1. The number of rotatable bonds is 9. The fourth-order valence-electron chi connectivity index (χ4n) is 2.11. The van der Waals surface area contributed by atoms with Gasteiger partial charge in [-0.15, -0.1) is 0 Å². The van der Waals surface area contributed by atoms with Crippen molar-refractivity contribution in [3.8, 4) is 0 Å². The highest BCUT2D eigenvalue weighted by molar-refractivity contribution is 6.31. The Kier molecular flexibility index (Phi) is 7.97. The predicted octanol–water partition coefficient (Wildman–Crippen LogP) is 3.48. The second kappa shape index (κ2) is 9.22. The molecule has 1 atom stereocenters. The molecule has 0 saturated heterocycles. The topological polar surface area (TPSA) is 38.5 Å². The van der Waals surface area contributed by atoms with Crippen LogP contribution in [0.5, 0.6) is 0 Å². The number of likely N-dealkylation sites (N-methyl/N-ethyl adjacent to an activating group) is 1. The predicted molar refractivity (Wildman–Crippen MR) is 87.8 cm³/mol. The SMILES string of the molecule is CCOCCN(CC)c1ccc(CC(N)CC)c(Cl)c1. The standard InChI is InChI=1S/C16H27ClN2O/c1-4-14(18)11-13-7-8-15(12-16(13)17)19(5-2)9-10-20-6-3/h7-8,12,14H,4-6,9-11,18H2,1-3H3. The van der Waals surface area contributed by atoms with E-state index in [1.165, 1.54) is 0 Å². The van der Waals surface area contributed by atoms with Gasteiger partial charge in [-0.25, -0.2) is 0 Å². The van der Waals surface area contributed by atoms with E-state index in [0.29, 0.717) is 0 Å². The van der Waals surface area contributed by atoms with Gasteiger partial charge in [0, 0.05) is 36.4 Å². The largest absolute Gasteiger partial charge is 0.380 e. The molecule has 0 radical (unpaired) electrons. The monoisotopic (exact) mass is 298 g/mol. The average Bonchev–Trinajstić information content (AvgIpc) is 2.46. The number of benzene rings is 1. The van der Waals surface area contributed by atoms with E-state index in [1.807, 2.05) is 13.0 Å². The molecule has 2 N–H and O–H groups in total. The number of hydrogen-bond acceptors (Lipinski definition) is 3. The Hall–Kier alpha value is -0.770. The van der Waals surface area contributed by atoms with Gasteiger partial charge in [0.1, 0.15) is 0 Å². The third-order valence-corrected chi connectivity index (χ3v) is 3.85. The molecule has 20 heavy (non-hydrogen) atoms. The third kappa shape index (κ3) is 5.31. The van der Waals surface area contributed by atoms with E-state index in [9.17, 15) is 0 Å². The molecule has 0 heterocycles. The second-order valence-corrected chi connectivity index (χ2v) is 5.33. The van der Waals surface area contributed by atoms with Crippen molar-refractivity contribution in [1.29, 1.82) is 0 Å². The number of halogens is 1. The van der Waals surface area contributed by atoms with Gasteiger partial charge in [-0.1, -0.05) is 24.6 Å². The molecule has 0 amide bonds. The maximum Gasteiger partial charge on any atom is 0.0641 e. The zero-order valence-corrected chi connectivity index (χ0v) is 13.6. The fraction of sp³-hybridized carbons (Fsp3) is 0.625. The summed E-state index contributed by atoms with van der Waals surface area (Å²) in [6.45, 7) is 9.57. The molecule has 114 valence electrons. The first kappa shape index (κ1) is 17.3. The number of nitrogens with two attached hydrogens (primary N) is 1. The van der Waals surface area contributed by atoms with Crippen LogP contribution in [-0.4, -0.2) is 32.3 Å². The first-order valence-electron chi connectivity index (χ1n) is 7.49. The Balaban J connectivity index is 2.73. The number of nitrogens with zero attached hydrogens (tertiary/aromatic N) is 1. The van der Waals surface area contributed by atoms with Crippen molar-refractivity contribution in [2.24, 2.45) is 5.73 Å². The molecule has 1 aromatic rings. The molecule has 4 heteroatoms. The molecule has 0 aliphatic heterocycles. The molecule has 1 unspecified atom stereocenters. The zero-order valence-electron chi connectivity index (χ0n) is 12.9. The Morgan fingerprint density at radius 3 is 2.60 bits per heavy atom. The van der Waals surface area contributed by atoms with Crippen LogP contribution in [0.15, 0.2) is 18.2 Å². The molecule has 0 saturated carbocycles. The Bertz CT molecular complexity index is 398. The smallest absolute Gasteiger partial charge is 0.0641 e. The van der Waals surface area contributed by atoms with Crippen molar-refractivity contribution in [2.45, 2.75) is 39.7 Å². The highest BCUT2D eigenvalue weighted by Gasteiger charge is 2.09. The minimum Gasteiger partial charge on any atom is -0.380 e. The maximum atomic E-state index is 6.38. The van der Waals surface area contributed by atoms with Crippen molar-refractivity contribution in [3.05, 3.63) is 28.8 Å². The van der Waals surface area contributed by atoms with Crippen molar-refractivity contribution in [3.63, 3.8) is 0 Å². The molecule has 0 spiro atoms. The van der Waals surface area contributed by atoms with Crippen molar-refractivity contribution in [1.82, 2.24) is 0 Å². The molecule has 0 aromatic heterocycles. The van der Waals surface area contributed by atoms with Gasteiger partial charge in [0.2, 0.25) is 0 Å². The van der Waals surface area contributed by atoms with Crippen LogP contribution in [0.4, 0.5) is 5.69 Å². The van der Waals surface area contributed by atoms with Crippen molar-refractivity contribution >= 4 is 17.3 Å². The van der Waals surface area contributed by atoms with Crippen LogP contribution >= 0.6 is 11.6 Å². The van der Waals surface area contributed by atoms with E-state index in [2.05, 4.69) is 30.9 Å². The highest BCUT2D eigenvalue weighted by Crippen LogP contribution is 2.24. The number of hydrogen-bond donors (Lipinski definition) is 1. The summed E-state index contributed by atoms with van der Waals surface area (Å²) in [5.74, 6) is 0. The first-order valence-corrected chi connectivity index (χ1v) is 7.86. The summed E-state index contributed by atoms with van der Waals surface area (Å²) < 4.78 is 5.42. The summed E-state index contributed by atoms with van der Waals surface area (Å²) in [5, 5.41) is 0.807. The summed E-state index contributed by atoms with van der Waals surface area (Å²) >= 11 is 6.38. The quantitative estimate of drug-likeness (QED) is 0.709. The van der Waals surface area contributed by atoms with Crippen LogP contribution in [0.3, 0.4) is 0 Å². The summed E-state index contributed by atoms with van der Waals surface area (Å²) in [6, 6.07) is 6.43. The van der Waals surface area contributed by atoms with Crippen molar-refractivity contribution in [2.75, 3.05) is 31.2 Å². The van der Waals surface area contributed by atoms with E-state index in [4.69, 9.17) is 22.1 Å². The van der Waals surface area contributed by atoms with Crippen LogP contribution in [0.25, 0.3) is 0 Å². The Morgan fingerprint density at radius 1 is 1.30 bits per heavy atom. The lowest BCUT2D eigenvalue weighted by molar-refractivity contribution is 0.154. The van der Waals surface area contributed by atoms with Crippen LogP contribution in [-0.2, 0) is 11.2 Å². The van der Waals surface area contributed by atoms with Gasteiger partial charge < -0.3 is 15.4 Å². The minimum atomic E-state index is 0.179. The van der Waals surface area contributed by atoms with Gasteiger partial charge >= 0.3 is 0 Å². The summed E-state index contributed by atoms with van der Waals surface area (Å²) in [6.07, 6.45) is 1.80. The van der Waals surface area contributed by atoms with Crippen LogP contribution in [0.2, 0.25) is 5.02 Å². The molecule has 0 aliphatic carbocycles. The first-order chi connectivity index (χ1) is 9.62. The summed E-state index contributed by atoms with van der Waals surface area (Å²) in [7, 11) is 0. The van der Waals surface area contributed by atoms with E-state index in [-0.39, 0.29) is 6.04 Å². The van der Waals surface area contributed by atoms with E-state index in [0.717, 1.165) is 55.4 Å². The van der Waals surface area contributed by atoms with Crippen molar-refractivity contribution < 1.29 is 4.74 Å². The van der Waals surface area contributed by atoms with Gasteiger partial charge in [-0.05, 0) is 44.4 Å². The Morgan fingerprint density at radius 2 is 2.05 bits per heavy atom. The number of ether oxygens (including phenoxy) is 1. The van der Waals surface area contributed by atoms with Crippen LogP contribution < -0.4 is 10.6 Å². The molecule has 1 rings (SSSR count). The zero-order chi connectivity index (χ0) is 15.0.